The molecule has 1 spiro atoms. The Labute approximate surface area is 233 Å². The van der Waals surface area contributed by atoms with E-state index >= 15 is 0 Å². The van der Waals surface area contributed by atoms with E-state index in [4.69, 9.17) is 37.4 Å². The average Bonchev–Trinajstić information content (AvgIpc) is 2.93. The number of esters is 2. The van der Waals surface area contributed by atoms with Crippen LogP contribution in [0.2, 0.25) is 0 Å². The van der Waals surface area contributed by atoms with Crippen molar-refractivity contribution in [3.8, 4) is 23.0 Å². The molecule has 1 aliphatic heterocycles. The van der Waals surface area contributed by atoms with E-state index in [1.54, 1.807) is 13.0 Å². The van der Waals surface area contributed by atoms with Crippen LogP contribution >= 0.6 is 23.2 Å². The van der Waals surface area contributed by atoms with Gasteiger partial charge >= 0.3 is 11.9 Å². The van der Waals surface area contributed by atoms with Crippen molar-refractivity contribution in [2.75, 3.05) is 11.8 Å². The van der Waals surface area contributed by atoms with Crippen molar-refractivity contribution in [2.24, 2.45) is 5.92 Å². The Balaban J connectivity index is 1.70. The zero-order valence-electron chi connectivity index (χ0n) is 21.9. The first kappa shape index (κ1) is 27.1. The largest absolute Gasteiger partial charge is 0.507 e. The Hall–Kier alpha value is -2.44. The highest BCUT2D eigenvalue weighted by molar-refractivity contribution is 6.26. The van der Waals surface area contributed by atoms with Crippen LogP contribution in [0.5, 0.6) is 23.0 Å². The molecule has 0 bridgehead atoms. The number of ether oxygens (including phenoxy) is 3. The van der Waals surface area contributed by atoms with Crippen LogP contribution in [0.25, 0.3) is 0 Å². The van der Waals surface area contributed by atoms with Gasteiger partial charge in [-0.1, -0.05) is 31.7 Å². The minimum absolute atomic E-state index is 0.0774. The quantitative estimate of drug-likeness (QED) is 0.241. The molecular weight excluding hydrogens is 527 g/mol. The number of rotatable bonds is 5. The lowest BCUT2D eigenvalue weighted by atomic mass is 9.51. The van der Waals surface area contributed by atoms with Crippen molar-refractivity contribution < 1.29 is 28.9 Å². The minimum Gasteiger partial charge on any atom is -0.507 e. The molecule has 2 aliphatic carbocycles. The third-order valence-corrected chi connectivity index (χ3v) is 9.38. The first-order valence-corrected chi connectivity index (χ1v) is 14.5. The molecule has 38 heavy (non-hydrogen) atoms. The fourth-order valence-corrected chi connectivity index (χ4v) is 7.39. The van der Waals surface area contributed by atoms with Crippen molar-refractivity contribution in [1.29, 1.82) is 0 Å². The molecule has 0 aromatic heterocycles. The van der Waals surface area contributed by atoms with E-state index in [9.17, 15) is 14.7 Å². The molecule has 0 saturated heterocycles. The summed E-state index contributed by atoms with van der Waals surface area (Å²) in [6.07, 6.45) is 9.35. The molecule has 2 atom stereocenters. The molecule has 1 heterocycles. The molecule has 3 aliphatic rings. The molecule has 8 heteroatoms. The van der Waals surface area contributed by atoms with Crippen LogP contribution in [0.3, 0.4) is 0 Å². The van der Waals surface area contributed by atoms with Crippen LogP contribution in [0.15, 0.2) is 24.3 Å². The molecule has 2 fully saturated rings. The van der Waals surface area contributed by atoms with Gasteiger partial charge in [0.2, 0.25) is 0 Å². The molecule has 5 rings (SSSR count). The van der Waals surface area contributed by atoms with Crippen molar-refractivity contribution in [3.05, 3.63) is 46.5 Å². The highest BCUT2D eigenvalue weighted by Gasteiger charge is 2.60. The third-order valence-electron chi connectivity index (χ3n) is 8.95. The van der Waals surface area contributed by atoms with Crippen molar-refractivity contribution in [2.45, 2.75) is 82.7 Å². The summed E-state index contributed by atoms with van der Waals surface area (Å²) < 4.78 is 18.0. The summed E-state index contributed by atoms with van der Waals surface area (Å²) in [5.41, 5.74) is 2.24. The fourth-order valence-electron chi connectivity index (χ4n) is 7.28. The van der Waals surface area contributed by atoms with Crippen LogP contribution in [-0.4, -0.2) is 28.8 Å². The number of carbonyl (C=O) groups is 2. The Kier molecular flexibility index (Phi) is 7.58. The summed E-state index contributed by atoms with van der Waals surface area (Å²) in [4.78, 5) is 23.9. The van der Waals surface area contributed by atoms with E-state index in [1.165, 1.54) is 12.0 Å². The highest BCUT2D eigenvalue weighted by atomic mass is 35.5. The van der Waals surface area contributed by atoms with Crippen molar-refractivity contribution in [1.82, 2.24) is 0 Å². The average molecular weight is 562 g/mol. The van der Waals surface area contributed by atoms with Gasteiger partial charge < -0.3 is 19.3 Å². The minimum atomic E-state index is -0.771. The zero-order chi connectivity index (χ0) is 27.1. The van der Waals surface area contributed by atoms with Gasteiger partial charge in [-0.15, -0.1) is 23.2 Å². The van der Waals surface area contributed by atoms with Gasteiger partial charge in [-0.25, -0.2) is 0 Å². The second-order valence-electron chi connectivity index (χ2n) is 10.9. The lowest BCUT2D eigenvalue weighted by Gasteiger charge is -2.59. The molecule has 0 radical (unpaired) electrons. The van der Waals surface area contributed by atoms with E-state index in [-0.39, 0.29) is 34.6 Å². The van der Waals surface area contributed by atoms with E-state index in [2.05, 4.69) is 6.07 Å². The van der Waals surface area contributed by atoms with E-state index in [0.717, 1.165) is 62.7 Å². The second kappa shape index (κ2) is 10.6. The van der Waals surface area contributed by atoms with Gasteiger partial charge in [-0.05, 0) is 64.2 Å². The van der Waals surface area contributed by atoms with Crippen LogP contribution in [0.4, 0.5) is 0 Å². The maximum absolute atomic E-state index is 12.0. The Morgan fingerprint density at radius 3 is 2.08 bits per heavy atom. The van der Waals surface area contributed by atoms with Gasteiger partial charge in [-0.2, -0.15) is 0 Å². The summed E-state index contributed by atoms with van der Waals surface area (Å²) in [7, 11) is 0. The molecule has 2 saturated carbocycles. The van der Waals surface area contributed by atoms with Crippen LogP contribution in [0, 0.1) is 19.8 Å². The number of alkyl halides is 2. The third kappa shape index (κ3) is 4.34. The first-order valence-electron chi connectivity index (χ1n) is 13.5. The number of phenols is 1. The molecule has 6 nitrogen and oxygen atoms in total. The number of carbonyl (C=O) groups excluding carboxylic acids is 2. The number of fused-ring (bicyclic) bond motifs is 4. The molecule has 1 N–H and O–H groups in total. The van der Waals surface area contributed by atoms with Gasteiger partial charge in [0.25, 0.3) is 0 Å². The lowest BCUT2D eigenvalue weighted by Crippen LogP contribution is -2.57. The summed E-state index contributed by atoms with van der Waals surface area (Å²) >= 11 is 11.4. The van der Waals surface area contributed by atoms with Crippen LogP contribution in [-0.2, 0) is 20.6 Å². The first-order chi connectivity index (χ1) is 18.3. The number of phenolic OH excluding ortho intramolecular Hbond substituents is 1. The summed E-state index contributed by atoms with van der Waals surface area (Å²) in [6.45, 7) is 3.66. The molecule has 204 valence electrons. The smallest absolute Gasteiger partial charge is 0.326 e. The second-order valence-corrected chi connectivity index (χ2v) is 11.4. The maximum atomic E-state index is 12.0. The number of hydrogen-bond donors (Lipinski definition) is 1. The van der Waals surface area contributed by atoms with Crippen molar-refractivity contribution in [3.63, 3.8) is 0 Å². The number of hydrogen-bond acceptors (Lipinski definition) is 6. The molecule has 0 unspecified atom stereocenters. The van der Waals surface area contributed by atoms with Crippen LogP contribution < -0.4 is 14.2 Å². The van der Waals surface area contributed by atoms with E-state index in [0.29, 0.717) is 16.9 Å². The zero-order valence-corrected chi connectivity index (χ0v) is 23.4. The summed E-state index contributed by atoms with van der Waals surface area (Å²) in [5, 5.41) is 11.6. The summed E-state index contributed by atoms with van der Waals surface area (Å²) in [6, 6.07) is 7.51. The molecular formula is C30H34Cl2O6. The lowest BCUT2D eigenvalue weighted by molar-refractivity contribution is -0.132. The number of halogens is 2. The van der Waals surface area contributed by atoms with Crippen molar-refractivity contribution >= 4 is 35.1 Å². The summed E-state index contributed by atoms with van der Waals surface area (Å²) in [5.74, 6) is 0.104. The van der Waals surface area contributed by atoms with Gasteiger partial charge in [0.15, 0.2) is 0 Å². The molecule has 2 aromatic carbocycles. The highest BCUT2D eigenvalue weighted by Crippen LogP contribution is 2.65. The Morgan fingerprint density at radius 2 is 1.45 bits per heavy atom. The predicted octanol–water partition coefficient (Wildman–Crippen LogP) is 6.98. The Morgan fingerprint density at radius 1 is 0.868 bits per heavy atom. The van der Waals surface area contributed by atoms with Gasteiger partial charge in [0.1, 0.15) is 40.4 Å². The maximum Gasteiger partial charge on any atom is 0.326 e. The van der Waals surface area contributed by atoms with E-state index in [1.807, 2.05) is 19.1 Å². The SMILES string of the molecule is Cc1c(OC(=O)CCl)ccc([C@@]23CCCC[C@@H]2C2(CCCCC2)c2ccc(OC(=O)CCl)c(C)c2O3)c1O. The topological polar surface area (TPSA) is 82.1 Å². The van der Waals surface area contributed by atoms with Crippen LogP contribution in [0.1, 0.15) is 80.0 Å². The normalized spacial score (nSPS) is 23.6. The number of aromatic hydroxyl groups is 1. The van der Waals surface area contributed by atoms with Gasteiger partial charge in [-0.3, -0.25) is 9.59 Å². The number of benzene rings is 2. The van der Waals surface area contributed by atoms with E-state index < -0.39 is 17.5 Å². The van der Waals surface area contributed by atoms with Gasteiger partial charge in [0.05, 0.1) is 0 Å². The molecule has 2 aromatic rings. The predicted molar refractivity (Wildman–Crippen MR) is 146 cm³/mol. The molecule has 0 amide bonds. The standard InChI is InChI=1S/C30H34Cl2O6/c1-18-22(36-25(33)16-31)11-9-20(27(18)35)30-15-7-4-8-24(30)29(13-5-3-6-14-29)21-10-12-23(37-26(34)17-32)19(2)28(21)38-30/h9-12,24,35H,3-8,13-17H2,1-2H3/t24-,30+/m1/s1. The monoisotopic (exact) mass is 560 g/mol. The Bertz CT molecular complexity index is 1250. The fraction of sp³-hybridized carbons (Fsp3) is 0.533. The van der Waals surface area contributed by atoms with Gasteiger partial charge in [0, 0.05) is 33.6 Å².